The zero-order valence-electron chi connectivity index (χ0n) is 10.5. The molecule has 2 heterocycles. The Morgan fingerprint density at radius 3 is 2.83 bits per heavy atom. The molecule has 1 saturated carbocycles. The maximum Gasteiger partial charge on any atom is 0.150 e. The molecule has 18 heavy (non-hydrogen) atoms. The molecule has 2 N–H and O–H groups in total. The summed E-state index contributed by atoms with van der Waals surface area (Å²) in [6, 6.07) is 0.680. The van der Waals surface area contributed by atoms with Gasteiger partial charge in [0, 0.05) is 24.4 Å². The van der Waals surface area contributed by atoms with Crippen molar-refractivity contribution in [1.29, 1.82) is 0 Å². The monoisotopic (exact) mass is 357 g/mol. The Morgan fingerprint density at radius 1 is 1.44 bits per heavy atom. The van der Waals surface area contributed by atoms with E-state index in [1.54, 1.807) is 6.20 Å². The van der Waals surface area contributed by atoms with Gasteiger partial charge >= 0.3 is 0 Å². The minimum Gasteiger partial charge on any atom is -0.382 e. The van der Waals surface area contributed by atoms with Crippen molar-refractivity contribution in [2.75, 3.05) is 19.8 Å². The number of nitrogen functional groups attached to an aromatic ring is 1. The standard InChI is InChI=1S/C12H16IN5/c1-17(2)8-5-7(6-8)12-16-10(13)9-11(14)15-3-4-18(9)12/h3-4,7-8H,5-6H2,1-2H3,(H2,14,15). The molecule has 0 unspecified atom stereocenters. The van der Waals surface area contributed by atoms with E-state index in [1.165, 1.54) is 12.8 Å². The Balaban J connectivity index is 1.97. The second kappa shape index (κ2) is 4.34. The van der Waals surface area contributed by atoms with Gasteiger partial charge in [-0.05, 0) is 49.5 Å². The van der Waals surface area contributed by atoms with E-state index in [0.717, 1.165) is 15.0 Å². The SMILES string of the molecule is CN(C)C1CC(c2nc(I)c3c(N)nccn23)C1. The molecule has 0 aliphatic heterocycles. The molecule has 1 aliphatic carbocycles. The normalized spacial score (nSPS) is 23.6. The smallest absolute Gasteiger partial charge is 0.150 e. The lowest BCUT2D eigenvalue weighted by atomic mass is 9.79. The van der Waals surface area contributed by atoms with Crippen LogP contribution in [0.25, 0.3) is 5.52 Å². The van der Waals surface area contributed by atoms with Crippen LogP contribution in [-0.2, 0) is 0 Å². The average Bonchev–Trinajstić information content (AvgIpc) is 2.55. The van der Waals surface area contributed by atoms with Gasteiger partial charge in [-0.3, -0.25) is 4.40 Å². The zero-order chi connectivity index (χ0) is 12.9. The van der Waals surface area contributed by atoms with Gasteiger partial charge in [0.1, 0.15) is 15.0 Å². The van der Waals surface area contributed by atoms with Gasteiger partial charge in [0.25, 0.3) is 0 Å². The van der Waals surface area contributed by atoms with Gasteiger partial charge in [-0.15, -0.1) is 0 Å². The number of halogens is 1. The van der Waals surface area contributed by atoms with Gasteiger partial charge in [0.05, 0.1) is 0 Å². The Hall–Kier alpha value is -0.890. The van der Waals surface area contributed by atoms with Crippen LogP contribution in [0.2, 0.25) is 0 Å². The summed E-state index contributed by atoms with van der Waals surface area (Å²) in [7, 11) is 4.27. The highest BCUT2D eigenvalue weighted by molar-refractivity contribution is 14.1. The average molecular weight is 357 g/mol. The summed E-state index contributed by atoms with van der Waals surface area (Å²) in [5.74, 6) is 2.22. The lowest BCUT2D eigenvalue weighted by Crippen LogP contribution is -2.39. The van der Waals surface area contributed by atoms with Crippen LogP contribution in [0.4, 0.5) is 5.82 Å². The molecule has 0 bridgehead atoms. The van der Waals surface area contributed by atoms with E-state index in [-0.39, 0.29) is 0 Å². The topological polar surface area (TPSA) is 59.5 Å². The summed E-state index contributed by atoms with van der Waals surface area (Å²) < 4.78 is 3.04. The summed E-state index contributed by atoms with van der Waals surface area (Å²) in [5.41, 5.74) is 6.87. The number of anilines is 1. The number of nitrogens with two attached hydrogens (primary N) is 1. The predicted molar refractivity (Wildman–Crippen MR) is 79.6 cm³/mol. The molecule has 0 radical (unpaired) electrons. The van der Waals surface area contributed by atoms with E-state index in [9.17, 15) is 0 Å². The highest BCUT2D eigenvalue weighted by Gasteiger charge is 2.34. The summed E-state index contributed by atoms with van der Waals surface area (Å²) in [6.07, 6.45) is 6.04. The molecular weight excluding hydrogens is 341 g/mol. The van der Waals surface area contributed by atoms with E-state index >= 15 is 0 Å². The third-order valence-electron chi connectivity index (χ3n) is 3.78. The molecule has 0 amide bonds. The van der Waals surface area contributed by atoms with Crippen LogP contribution in [0.5, 0.6) is 0 Å². The number of hydrogen-bond acceptors (Lipinski definition) is 4. The number of imidazole rings is 1. The van der Waals surface area contributed by atoms with Crippen LogP contribution < -0.4 is 5.73 Å². The van der Waals surface area contributed by atoms with Gasteiger partial charge in [0.2, 0.25) is 0 Å². The maximum absolute atomic E-state index is 5.92. The molecule has 2 aromatic heterocycles. The molecule has 0 aromatic carbocycles. The molecule has 5 nitrogen and oxygen atoms in total. The second-order valence-corrected chi connectivity index (χ2v) is 6.10. The largest absolute Gasteiger partial charge is 0.382 e. The summed E-state index contributed by atoms with van der Waals surface area (Å²) >= 11 is 2.23. The summed E-state index contributed by atoms with van der Waals surface area (Å²) in [5, 5.41) is 0. The molecular formula is C12H16IN5. The minimum absolute atomic E-state index is 0.537. The number of nitrogens with zero attached hydrogens (tertiary/aromatic N) is 4. The number of fused-ring (bicyclic) bond motifs is 1. The highest BCUT2D eigenvalue weighted by Crippen LogP contribution is 2.39. The van der Waals surface area contributed by atoms with Gasteiger partial charge < -0.3 is 10.6 Å². The zero-order valence-corrected chi connectivity index (χ0v) is 12.6. The fourth-order valence-electron chi connectivity index (χ4n) is 2.55. The van der Waals surface area contributed by atoms with E-state index in [4.69, 9.17) is 5.73 Å². The van der Waals surface area contributed by atoms with Crippen LogP contribution >= 0.6 is 22.6 Å². The van der Waals surface area contributed by atoms with Crippen LogP contribution in [0, 0.1) is 3.70 Å². The minimum atomic E-state index is 0.537. The van der Waals surface area contributed by atoms with Crippen molar-refractivity contribution in [2.45, 2.75) is 24.8 Å². The van der Waals surface area contributed by atoms with E-state index < -0.39 is 0 Å². The molecule has 1 aliphatic rings. The first-order valence-electron chi connectivity index (χ1n) is 6.02. The van der Waals surface area contributed by atoms with Crippen molar-refractivity contribution in [1.82, 2.24) is 19.3 Å². The lowest BCUT2D eigenvalue weighted by molar-refractivity contribution is 0.161. The van der Waals surface area contributed by atoms with Crippen molar-refractivity contribution < 1.29 is 0 Å². The van der Waals surface area contributed by atoms with Crippen molar-refractivity contribution in [2.24, 2.45) is 0 Å². The predicted octanol–water partition coefficient (Wildman–Crippen LogP) is 1.72. The molecule has 0 spiro atoms. The fourth-order valence-corrected chi connectivity index (χ4v) is 3.33. The maximum atomic E-state index is 5.92. The first-order valence-corrected chi connectivity index (χ1v) is 7.10. The Morgan fingerprint density at radius 2 is 2.17 bits per heavy atom. The molecule has 0 saturated heterocycles. The van der Waals surface area contributed by atoms with Crippen molar-refractivity contribution in [3.05, 3.63) is 21.9 Å². The van der Waals surface area contributed by atoms with Crippen LogP contribution in [0.15, 0.2) is 12.4 Å². The molecule has 3 rings (SSSR count). The Kier molecular flexibility index (Phi) is 2.93. The van der Waals surface area contributed by atoms with Gasteiger partial charge in [-0.25, -0.2) is 9.97 Å². The molecule has 2 aromatic rings. The van der Waals surface area contributed by atoms with Gasteiger partial charge in [-0.2, -0.15) is 0 Å². The van der Waals surface area contributed by atoms with E-state index in [0.29, 0.717) is 17.8 Å². The van der Waals surface area contributed by atoms with Crippen molar-refractivity contribution >= 4 is 33.9 Å². The third kappa shape index (κ3) is 1.78. The lowest BCUT2D eigenvalue weighted by Gasteiger charge is -2.38. The third-order valence-corrected chi connectivity index (χ3v) is 4.53. The molecule has 0 atom stereocenters. The number of rotatable bonds is 2. The van der Waals surface area contributed by atoms with Gasteiger partial charge in [0.15, 0.2) is 5.82 Å². The Labute approximate surface area is 120 Å². The van der Waals surface area contributed by atoms with E-state index in [2.05, 4.69) is 56.0 Å². The van der Waals surface area contributed by atoms with Crippen LogP contribution in [0.3, 0.4) is 0 Å². The fraction of sp³-hybridized carbons (Fsp3) is 0.500. The summed E-state index contributed by atoms with van der Waals surface area (Å²) in [4.78, 5) is 11.1. The van der Waals surface area contributed by atoms with E-state index in [1.807, 2.05) is 6.20 Å². The quantitative estimate of drug-likeness (QED) is 0.832. The number of aromatic nitrogens is 3. The second-order valence-electron chi connectivity index (χ2n) is 5.08. The van der Waals surface area contributed by atoms with Crippen molar-refractivity contribution in [3.8, 4) is 0 Å². The van der Waals surface area contributed by atoms with Crippen LogP contribution in [-0.4, -0.2) is 39.4 Å². The van der Waals surface area contributed by atoms with Gasteiger partial charge in [-0.1, -0.05) is 0 Å². The summed E-state index contributed by atoms with van der Waals surface area (Å²) in [6.45, 7) is 0. The molecule has 1 fully saturated rings. The first-order chi connectivity index (χ1) is 8.58. The van der Waals surface area contributed by atoms with Crippen LogP contribution in [0.1, 0.15) is 24.6 Å². The molecule has 96 valence electrons. The number of hydrogen-bond donors (Lipinski definition) is 1. The highest BCUT2D eigenvalue weighted by atomic mass is 127. The Bertz CT molecular complexity index is 585. The molecule has 6 heteroatoms. The first kappa shape index (κ1) is 12.2. The van der Waals surface area contributed by atoms with Crippen molar-refractivity contribution in [3.63, 3.8) is 0 Å².